The van der Waals surface area contributed by atoms with Crippen LogP contribution in [0.25, 0.3) is 0 Å². The van der Waals surface area contributed by atoms with Gasteiger partial charge in [0.25, 0.3) is 0 Å². The van der Waals surface area contributed by atoms with Crippen LogP contribution >= 0.6 is 0 Å². The van der Waals surface area contributed by atoms with Crippen LogP contribution in [0.4, 0.5) is 0 Å². The zero-order chi connectivity index (χ0) is 11.8. The number of rotatable bonds is 2. The van der Waals surface area contributed by atoms with Crippen molar-refractivity contribution >= 4 is 5.90 Å². The van der Waals surface area contributed by atoms with E-state index >= 15 is 0 Å². The molecule has 0 bridgehead atoms. The van der Waals surface area contributed by atoms with Crippen molar-refractivity contribution in [3.05, 3.63) is 35.9 Å². The molecule has 1 fully saturated rings. The van der Waals surface area contributed by atoms with Crippen LogP contribution in [0.2, 0.25) is 0 Å². The molecule has 0 N–H and O–H groups in total. The first-order chi connectivity index (χ1) is 8.24. The van der Waals surface area contributed by atoms with Crippen LogP contribution in [-0.2, 0) is 14.2 Å². The van der Waals surface area contributed by atoms with Crippen LogP contribution in [0.1, 0.15) is 19.4 Å². The summed E-state index contributed by atoms with van der Waals surface area (Å²) in [6, 6.07) is 9.81. The van der Waals surface area contributed by atoms with E-state index in [-0.39, 0.29) is 24.7 Å². The number of benzene rings is 1. The van der Waals surface area contributed by atoms with Gasteiger partial charge in [0.1, 0.15) is 12.1 Å². The maximum Gasteiger partial charge on any atom is 0.217 e. The van der Waals surface area contributed by atoms with Gasteiger partial charge < -0.3 is 14.2 Å². The Labute approximate surface area is 100 Å². The molecule has 17 heavy (non-hydrogen) atoms. The number of aliphatic imine (C=N–C) groups is 1. The summed E-state index contributed by atoms with van der Waals surface area (Å²) in [6.45, 7) is 3.86. The van der Waals surface area contributed by atoms with E-state index in [1.165, 1.54) is 0 Å². The monoisotopic (exact) mass is 233 g/mol. The Hall–Kier alpha value is -1.39. The third kappa shape index (κ3) is 1.94. The molecule has 2 aliphatic rings. The Morgan fingerprint density at radius 2 is 1.76 bits per heavy atom. The van der Waals surface area contributed by atoms with Crippen molar-refractivity contribution in [1.29, 1.82) is 0 Å². The molecule has 0 aromatic heterocycles. The molecular weight excluding hydrogens is 218 g/mol. The Balaban J connectivity index is 1.77. The van der Waals surface area contributed by atoms with Crippen molar-refractivity contribution in [1.82, 2.24) is 0 Å². The van der Waals surface area contributed by atoms with E-state index in [0.29, 0.717) is 5.90 Å². The highest BCUT2D eigenvalue weighted by molar-refractivity contribution is 5.95. The molecule has 2 heterocycles. The van der Waals surface area contributed by atoms with Gasteiger partial charge in [0.2, 0.25) is 5.90 Å². The average Bonchev–Trinajstić information content (AvgIpc) is 2.68. The summed E-state index contributed by atoms with van der Waals surface area (Å²) in [4.78, 5) is 4.54. The lowest BCUT2D eigenvalue weighted by Crippen LogP contribution is -2.48. The van der Waals surface area contributed by atoms with E-state index in [9.17, 15) is 0 Å². The number of hydrogen-bond donors (Lipinski definition) is 0. The fourth-order valence-corrected chi connectivity index (χ4v) is 2.07. The first-order valence-electron chi connectivity index (χ1n) is 5.85. The maximum absolute atomic E-state index is 5.74. The van der Waals surface area contributed by atoms with Crippen molar-refractivity contribution in [3.63, 3.8) is 0 Å². The van der Waals surface area contributed by atoms with Gasteiger partial charge >= 0.3 is 0 Å². The van der Waals surface area contributed by atoms with Gasteiger partial charge in [0, 0.05) is 5.56 Å². The largest absolute Gasteiger partial charge is 0.472 e. The van der Waals surface area contributed by atoms with Gasteiger partial charge in [-0.25, -0.2) is 4.99 Å². The second kappa shape index (κ2) is 4.13. The second-order valence-corrected chi connectivity index (χ2v) is 4.32. The molecule has 4 nitrogen and oxygen atoms in total. The van der Waals surface area contributed by atoms with Crippen LogP contribution in [0.3, 0.4) is 0 Å². The topological polar surface area (TPSA) is 40.0 Å². The van der Waals surface area contributed by atoms with E-state index in [4.69, 9.17) is 14.2 Å². The normalized spacial score (nSPS) is 36.0. The Morgan fingerprint density at radius 3 is 2.41 bits per heavy atom. The van der Waals surface area contributed by atoms with Gasteiger partial charge in [0.15, 0.2) is 12.6 Å². The molecule has 0 spiro atoms. The molecule has 0 unspecified atom stereocenters. The van der Waals surface area contributed by atoms with Gasteiger partial charge in [-0.15, -0.1) is 0 Å². The highest BCUT2D eigenvalue weighted by Gasteiger charge is 2.42. The summed E-state index contributed by atoms with van der Waals surface area (Å²) < 4.78 is 16.7. The zero-order valence-electron chi connectivity index (χ0n) is 9.87. The van der Waals surface area contributed by atoms with Gasteiger partial charge in [-0.3, -0.25) is 0 Å². The molecule has 0 amide bonds. The molecule has 1 aromatic carbocycles. The quantitative estimate of drug-likeness (QED) is 0.783. The fourth-order valence-electron chi connectivity index (χ4n) is 2.07. The fraction of sp³-hybridized carbons (Fsp3) is 0.462. The lowest BCUT2D eigenvalue weighted by atomic mass is 10.2. The number of ether oxygens (including phenoxy) is 3. The smallest absolute Gasteiger partial charge is 0.217 e. The zero-order valence-corrected chi connectivity index (χ0v) is 9.87. The molecule has 90 valence electrons. The lowest BCUT2D eigenvalue weighted by Gasteiger charge is -2.36. The molecule has 2 aliphatic heterocycles. The summed E-state index contributed by atoms with van der Waals surface area (Å²) in [7, 11) is 0. The first-order valence-corrected chi connectivity index (χ1v) is 5.85. The van der Waals surface area contributed by atoms with Crippen molar-refractivity contribution < 1.29 is 14.2 Å². The summed E-state index contributed by atoms with van der Waals surface area (Å²) in [5, 5.41) is 0. The van der Waals surface area contributed by atoms with E-state index in [0.717, 1.165) is 5.56 Å². The van der Waals surface area contributed by atoms with E-state index < -0.39 is 0 Å². The minimum Gasteiger partial charge on any atom is -0.472 e. The van der Waals surface area contributed by atoms with E-state index in [1.54, 1.807) is 0 Å². The van der Waals surface area contributed by atoms with Gasteiger partial charge in [-0.1, -0.05) is 18.2 Å². The van der Waals surface area contributed by atoms with Crippen molar-refractivity contribution in [3.8, 4) is 0 Å². The van der Waals surface area contributed by atoms with Crippen LogP contribution in [0, 0.1) is 0 Å². The Kier molecular flexibility index (Phi) is 2.61. The van der Waals surface area contributed by atoms with Crippen LogP contribution < -0.4 is 0 Å². The van der Waals surface area contributed by atoms with Crippen LogP contribution in [0.5, 0.6) is 0 Å². The maximum atomic E-state index is 5.74. The highest BCUT2D eigenvalue weighted by Crippen LogP contribution is 2.28. The molecular formula is C13H15NO3. The second-order valence-electron chi connectivity index (χ2n) is 4.32. The molecule has 2 atom stereocenters. The molecule has 0 aliphatic carbocycles. The highest BCUT2D eigenvalue weighted by atomic mass is 16.9. The first kappa shape index (κ1) is 10.7. The Bertz CT molecular complexity index is 426. The van der Waals surface area contributed by atoms with E-state index in [2.05, 4.69) is 4.99 Å². The minimum absolute atomic E-state index is 0.0114. The van der Waals surface area contributed by atoms with Crippen molar-refractivity contribution in [2.24, 2.45) is 4.99 Å². The van der Waals surface area contributed by atoms with Crippen LogP contribution in [0.15, 0.2) is 35.3 Å². The summed E-state index contributed by atoms with van der Waals surface area (Å²) in [5.74, 6) is 0.676. The van der Waals surface area contributed by atoms with Gasteiger partial charge in [-0.2, -0.15) is 0 Å². The predicted octanol–water partition coefficient (Wildman–Crippen LogP) is 1.94. The third-order valence-electron chi connectivity index (χ3n) is 3.00. The summed E-state index contributed by atoms with van der Waals surface area (Å²) >= 11 is 0. The third-order valence-corrected chi connectivity index (χ3v) is 3.00. The Morgan fingerprint density at radius 1 is 1.06 bits per heavy atom. The van der Waals surface area contributed by atoms with Gasteiger partial charge in [0.05, 0.1) is 0 Å². The number of hydrogen-bond acceptors (Lipinski definition) is 4. The molecule has 4 heteroatoms. The molecule has 1 aromatic rings. The molecule has 0 saturated carbocycles. The van der Waals surface area contributed by atoms with Gasteiger partial charge in [-0.05, 0) is 26.0 Å². The lowest BCUT2D eigenvalue weighted by molar-refractivity contribution is -0.383. The molecule has 0 radical (unpaired) electrons. The van der Waals surface area contributed by atoms with Crippen molar-refractivity contribution in [2.45, 2.75) is 38.6 Å². The predicted molar refractivity (Wildman–Crippen MR) is 62.7 cm³/mol. The molecule has 3 rings (SSSR count). The summed E-state index contributed by atoms with van der Waals surface area (Å²) in [6.07, 6.45) is -0.396. The SMILES string of the molecule is CC1OC([C@H]2N=C(c3ccccc3)O[C@H]2C)O1. The van der Waals surface area contributed by atoms with E-state index in [1.807, 2.05) is 44.2 Å². The molecule has 1 saturated heterocycles. The minimum atomic E-state index is -0.263. The number of nitrogens with zero attached hydrogens (tertiary/aromatic N) is 1. The summed E-state index contributed by atoms with van der Waals surface area (Å²) in [5.41, 5.74) is 0.995. The van der Waals surface area contributed by atoms with Crippen molar-refractivity contribution in [2.75, 3.05) is 0 Å². The average molecular weight is 233 g/mol. The standard InChI is InChI=1S/C13H15NO3/c1-8-11(13-16-9(2)17-13)14-12(15-8)10-6-4-3-5-7-10/h3-9,11,13H,1-2H3/t8-,9?,11-,13?/m0/s1. The van der Waals surface area contributed by atoms with Crippen LogP contribution in [-0.4, -0.2) is 30.6 Å².